The number of unbranched alkanes of at least 4 members (excludes halogenated alkanes) is 1. The quantitative estimate of drug-likeness (QED) is 0.118. The highest BCUT2D eigenvalue weighted by Crippen LogP contribution is 2.41. The second kappa shape index (κ2) is 15.0. The molecule has 1 atom stereocenters. The zero-order valence-electron chi connectivity index (χ0n) is 25.8. The van der Waals surface area contributed by atoms with Crippen molar-refractivity contribution in [2.75, 3.05) is 31.4 Å². The Morgan fingerprint density at radius 1 is 0.939 bits per heavy atom. The lowest BCUT2D eigenvalue weighted by molar-refractivity contribution is -0.141. The van der Waals surface area contributed by atoms with Gasteiger partial charge in [-0.2, -0.15) is 26.3 Å². The number of nitrogens with zero attached hydrogens (tertiary/aromatic N) is 2. The molecule has 2 aromatic carbocycles. The minimum atomic E-state index is -4.97. The van der Waals surface area contributed by atoms with E-state index in [1.165, 1.54) is 6.92 Å². The zero-order valence-corrected chi connectivity index (χ0v) is 25.8. The van der Waals surface area contributed by atoms with Crippen LogP contribution >= 0.6 is 0 Å². The van der Waals surface area contributed by atoms with E-state index < -0.39 is 115 Å². The summed E-state index contributed by atoms with van der Waals surface area (Å²) in [6.07, 6.45) is -8.70. The first-order valence-electron chi connectivity index (χ1n) is 14.8. The van der Waals surface area contributed by atoms with Crippen LogP contribution in [0.3, 0.4) is 0 Å². The number of carbonyl (C=O) groups is 4. The number of alkyl halides is 6. The molecule has 4 rings (SSSR count). The Kier molecular flexibility index (Phi) is 11.5. The lowest BCUT2D eigenvalue weighted by Gasteiger charge is -2.24. The maximum absolute atomic E-state index is 13.9. The van der Waals surface area contributed by atoms with Gasteiger partial charge >= 0.3 is 25.4 Å². The van der Waals surface area contributed by atoms with Gasteiger partial charge in [0.1, 0.15) is 12.3 Å². The van der Waals surface area contributed by atoms with Gasteiger partial charge in [0.2, 0.25) is 5.91 Å². The smallest absolute Gasteiger partial charge is 0.481 e. The summed E-state index contributed by atoms with van der Waals surface area (Å²) >= 11 is 0. The Balaban J connectivity index is 1.51. The van der Waals surface area contributed by atoms with Crippen molar-refractivity contribution < 1.29 is 70.4 Å². The summed E-state index contributed by atoms with van der Waals surface area (Å²) in [6.45, 7) is -1.28. The average molecular weight is 704 g/mol. The summed E-state index contributed by atoms with van der Waals surface area (Å²) in [6, 6.07) is 3.02. The van der Waals surface area contributed by atoms with Crippen molar-refractivity contribution in [2.45, 2.75) is 51.8 Å². The minimum absolute atomic E-state index is 0.0671. The van der Waals surface area contributed by atoms with Crippen molar-refractivity contribution in [2.24, 2.45) is 5.92 Å². The molecule has 13 nitrogen and oxygen atoms in total. The number of halogens is 6. The summed E-state index contributed by atoms with van der Waals surface area (Å²) in [5.41, 5.74) is -5.07. The third-order valence-electron chi connectivity index (χ3n) is 7.92. The van der Waals surface area contributed by atoms with Gasteiger partial charge in [-0.25, -0.2) is 4.84 Å². The van der Waals surface area contributed by atoms with Gasteiger partial charge in [0.15, 0.2) is 0 Å². The van der Waals surface area contributed by atoms with E-state index in [1.54, 1.807) is 0 Å². The minimum Gasteiger partial charge on any atom is -0.481 e. The van der Waals surface area contributed by atoms with Crippen LogP contribution in [0.15, 0.2) is 24.3 Å². The van der Waals surface area contributed by atoms with Gasteiger partial charge in [0.25, 0.3) is 11.8 Å². The highest BCUT2D eigenvalue weighted by molar-refractivity contribution is 6.61. The SMILES string of the molecule is C[C@@H](CCCCNC(=O)CN(CCNC(=O)c1cc2c(c(C(F)(F)F)c1)COB2O)C(=O)c1cc2c(c(C(F)(F)F)c1)CON2O)C(=O)O. The predicted molar refractivity (Wildman–Crippen MR) is 156 cm³/mol. The molecule has 0 radical (unpaired) electrons. The summed E-state index contributed by atoms with van der Waals surface area (Å²) < 4.78 is 87.5. The van der Waals surface area contributed by atoms with E-state index in [9.17, 15) is 55.8 Å². The number of anilines is 1. The van der Waals surface area contributed by atoms with E-state index in [4.69, 9.17) is 14.6 Å². The lowest BCUT2D eigenvalue weighted by atomic mass is 9.77. The molecule has 0 saturated heterocycles. The number of carbonyl (C=O) groups excluding carboxylic acids is 3. The number of rotatable bonds is 13. The molecule has 0 fully saturated rings. The standard InChI is InChI=1S/C29H31BF6N4O9/c1-15(27(44)45)4-2-3-5-37-24(41)12-39(26(43)17-9-21(29(34,35)36)19-14-49-40(47)23(19)11-17)7-6-38-25(42)16-8-20(28(31,32)33)18-13-48-30(46)22(18)10-16/h8-11,15,46-47H,2-7,12-14H2,1H3,(H,37,41)(H,38,42)(H,44,45)/t15-/m0/s1. The number of carboxylic acids is 1. The molecule has 266 valence electrons. The fourth-order valence-electron chi connectivity index (χ4n) is 5.26. The van der Waals surface area contributed by atoms with E-state index in [2.05, 4.69) is 10.6 Å². The second-order valence-electron chi connectivity index (χ2n) is 11.4. The molecule has 5 N–H and O–H groups in total. The molecule has 2 aliphatic rings. The van der Waals surface area contributed by atoms with Crippen LogP contribution in [0.1, 0.15) is 69.2 Å². The number of fused-ring (bicyclic) bond motifs is 2. The van der Waals surface area contributed by atoms with E-state index in [-0.39, 0.29) is 22.8 Å². The van der Waals surface area contributed by atoms with Crippen molar-refractivity contribution in [3.8, 4) is 0 Å². The van der Waals surface area contributed by atoms with Gasteiger partial charge in [0, 0.05) is 36.3 Å². The summed E-state index contributed by atoms with van der Waals surface area (Å²) in [5.74, 6) is -4.51. The molecule has 3 amide bonds. The topological polar surface area (TPSA) is 178 Å². The number of amides is 3. The molecule has 2 aromatic rings. The number of benzene rings is 2. The van der Waals surface area contributed by atoms with Gasteiger partial charge in [-0.05, 0) is 48.1 Å². The predicted octanol–water partition coefficient (Wildman–Crippen LogP) is 2.46. The highest BCUT2D eigenvalue weighted by Gasteiger charge is 2.41. The molecule has 0 spiro atoms. The molecule has 0 aromatic heterocycles. The summed E-state index contributed by atoms with van der Waals surface area (Å²) in [7, 11) is -1.70. The third kappa shape index (κ3) is 8.99. The molecule has 0 aliphatic carbocycles. The summed E-state index contributed by atoms with van der Waals surface area (Å²) in [5, 5.41) is 33.7. The van der Waals surface area contributed by atoms with Crippen molar-refractivity contribution in [3.05, 3.63) is 57.6 Å². The zero-order chi connectivity index (χ0) is 36.3. The summed E-state index contributed by atoms with van der Waals surface area (Å²) in [4.78, 5) is 55.7. The molecule has 0 saturated carbocycles. The maximum Gasteiger partial charge on any atom is 0.491 e. The van der Waals surface area contributed by atoms with Crippen LogP contribution in [0.4, 0.5) is 32.0 Å². The van der Waals surface area contributed by atoms with Crippen LogP contribution < -0.4 is 21.3 Å². The molecule has 0 unspecified atom stereocenters. The van der Waals surface area contributed by atoms with Gasteiger partial charge in [-0.15, -0.1) is 5.23 Å². The van der Waals surface area contributed by atoms with Crippen LogP contribution in [-0.2, 0) is 44.6 Å². The highest BCUT2D eigenvalue weighted by atomic mass is 19.4. The third-order valence-corrected chi connectivity index (χ3v) is 7.92. The molecular formula is C29H31BF6N4O9. The van der Waals surface area contributed by atoms with Crippen molar-refractivity contribution >= 4 is 42.0 Å². The normalized spacial score (nSPS) is 14.7. The van der Waals surface area contributed by atoms with Gasteiger partial charge in [-0.3, -0.25) is 24.4 Å². The number of nitrogens with one attached hydrogen (secondary N) is 2. The Bertz CT molecular complexity index is 1610. The van der Waals surface area contributed by atoms with Gasteiger partial charge in [0.05, 0.1) is 30.2 Å². The number of carboxylic acid groups (broad SMARTS) is 1. The van der Waals surface area contributed by atoms with E-state index >= 15 is 0 Å². The number of aliphatic carboxylic acids is 1. The average Bonchev–Trinajstić information content (AvgIpc) is 3.59. The van der Waals surface area contributed by atoms with E-state index in [0.29, 0.717) is 31.4 Å². The van der Waals surface area contributed by atoms with Crippen LogP contribution in [0, 0.1) is 5.92 Å². The number of hydrogen-bond donors (Lipinski definition) is 5. The Morgan fingerprint density at radius 2 is 1.59 bits per heavy atom. The van der Waals surface area contributed by atoms with E-state index in [0.717, 1.165) is 17.0 Å². The molecule has 2 heterocycles. The van der Waals surface area contributed by atoms with Crippen LogP contribution in [-0.4, -0.2) is 77.2 Å². The molecule has 20 heteroatoms. The van der Waals surface area contributed by atoms with E-state index in [1.807, 2.05) is 0 Å². The number of hydrogen-bond acceptors (Lipinski definition) is 9. The van der Waals surface area contributed by atoms with Crippen LogP contribution in [0.5, 0.6) is 0 Å². The second-order valence-corrected chi connectivity index (χ2v) is 11.4. The Hall–Kier alpha value is -4.40. The first-order valence-corrected chi connectivity index (χ1v) is 14.8. The van der Waals surface area contributed by atoms with Crippen molar-refractivity contribution in [1.82, 2.24) is 15.5 Å². The molecule has 2 aliphatic heterocycles. The Morgan fingerprint density at radius 3 is 2.24 bits per heavy atom. The molecule has 49 heavy (non-hydrogen) atoms. The van der Waals surface area contributed by atoms with Crippen LogP contribution in [0.25, 0.3) is 0 Å². The van der Waals surface area contributed by atoms with Crippen molar-refractivity contribution in [3.63, 3.8) is 0 Å². The Labute approximate surface area is 274 Å². The first-order chi connectivity index (χ1) is 22.9. The molecule has 0 bridgehead atoms. The monoisotopic (exact) mass is 704 g/mol. The lowest BCUT2D eigenvalue weighted by Crippen LogP contribution is -2.44. The van der Waals surface area contributed by atoms with Gasteiger partial charge in [-0.1, -0.05) is 13.3 Å². The maximum atomic E-state index is 13.9. The largest absolute Gasteiger partial charge is 0.491 e. The fourth-order valence-corrected chi connectivity index (χ4v) is 5.26. The molecular weight excluding hydrogens is 673 g/mol. The van der Waals surface area contributed by atoms with Gasteiger partial charge < -0.3 is 30.3 Å². The fraction of sp³-hybridized carbons (Fsp3) is 0.448. The van der Waals surface area contributed by atoms with Crippen LogP contribution in [0.2, 0.25) is 0 Å². The van der Waals surface area contributed by atoms with Crippen molar-refractivity contribution in [1.29, 1.82) is 0 Å². The first kappa shape index (κ1) is 37.4.